The van der Waals surface area contributed by atoms with Gasteiger partial charge < -0.3 is 5.73 Å². The van der Waals surface area contributed by atoms with Gasteiger partial charge in [-0.2, -0.15) is 5.10 Å². The first kappa shape index (κ1) is 12.8. The third-order valence-corrected chi connectivity index (χ3v) is 2.88. The minimum atomic E-state index is -0.0345. The first-order valence-corrected chi connectivity index (χ1v) is 6.12. The van der Waals surface area contributed by atoms with Gasteiger partial charge in [0.1, 0.15) is 0 Å². The van der Waals surface area contributed by atoms with E-state index in [1.807, 2.05) is 36.0 Å². The average molecular weight is 244 g/mol. The van der Waals surface area contributed by atoms with E-state index in [0.717, 1.165) is 22.8 Å². The molecule has 0 aliphatic carbocycles. The second kappa shape index (κ2) is 4.53. The molecule has 0 bridgehead atoms. The maximum Gasteiger partial charge on any atom is 0.158 e. The minimum absolute atomic E-state index is 0.0345. The van der Waals surface area contributed by atoms with Gasteiger partial charge in [0.2, 0.25) is 0 Å². The van der Waals surface area contributed by atoms with Crippen LogP contribution in [0.25, 0.3) is 11.4 Å². The third-order valence-electron chi connectivity index (χ3n) is 2.88. The zero-order valence-electron chi connectivity index (χ0n) is 11.4. The van der Waals surface area contributed by atoms with Crippen LogP contribution in [-0.4, -0.2) is 14.8 Å². The number of nitrogens with zero attached hydrogens (tertiary/aromatic N) is 3. The van der Waals surface area contributed by atoms with E-state index in [2.05, 4.69) is 30.9 Å². The monoisotopic (exact) mass is 244 g/mol. The standard InChI is InChI=1S/C14H20N4/c1-14(2,3)13-16-12(18(4)17-13)11-7-5-10(9-15)6-8-11/h5-8H,9,15H2,1-4H3. The summed E-state index contributed by atoms with van der Waals surface area (Å²) in [5.41, 5.74) is 7.75. The Kier molecular flexibility index (Phi) is 3.22. The zero-order valence-corrected chi connectivity index (χ0v) is 11.4. The molecule has 2 aromatic rings. The van der Waals surface area contributed by atoms with Crippen LogP contribution in [0, 0.1) is 0 Å². The summed E-state index contributed by atoms with van der Waals surface area (Å²) in [4.78, 5) is 4.63. The Morgan fingerprint density at radius 3 is 2.22 bits per heavy atom. The molecule has 2 rings (SSSR count). The van der Waals surface area contributed by atoms with Crippen LogP contribution in [0.1, 0.15) is 32.2 Å². The second-order valence-electron chi connectivity index (χ2n) is 5.53. The first-order chi connectivity index (χ1) is 8.41. The van der Waals surface area contributed by atoms with Crippen LogP contribution in [0.2, 0.25) is 0 Å². The molecule has 0 aliphatic heterocycles. The SMILES string of the molecule is Cn1nc(C(C)(C)C)nc1-c1ccc(CN)cc1. The minimum Gasteiger partial charge on any atom is -0.326 e. The van der Waals surface area contributed by atoms with Crippen molar-refractivity contribution < 1.29 is 0 Å². The lowest BCUT2D eigenvalue weighted by Gasteiger charge is -2.11. The maximum atomic E-state index is 5.60. The van der Waals surface area contributed by atoms with E-state index in [-0.39, 0.29) is 5.41 Å². The number of hydrogen-bond donors (Lipinski definition) is 1. The molecule has 0 unspecified atom stereocenters. The van der Waals surface area contributed by atoms with Crippen molar-refractivity contribution in [3.05, 3.63) is 35.7 Å². The topological polar surface area (TPSA) is 56.7 Å². The Balaban J connectivity index is 2.41. The second-order valence-corrected chi connectivity index (χ2v) is 5.53. The molecule has 18 heavy (non-hydrogen) atoms. The van der Waals surface area contributed by atoms with Crippen molar-refractivity contribution in [3.8, 4) is 11.4 Å². The summed E-state index contributed by atoms with van der Waals surface area (Å²) < 4.78 is 1.83. The van der Waals surface area contributed by atoms with Crippen molar-refractivity contribution in [2.45, 2.75) is 32.7 Å². The fraction of sp³-hybridized carbons (Fsp3) is 0.429. The van der Waals surface area contributed by atoms with E-state index in [1.54, 1.807) is 0 Å². The smallest absolute Gasteiger partial charge is 0.158 e. The van der Waals surface area contributed by atoms with Gasteiger partial charge in [-0.1, -0.05) is 45.0 Å². The first-order valence-electron chi connectivity index (χ1n) is 6.12. The fourth-order valence-electron chi connectivity index (χ4n) is 1.74. The molecular formula is C14H20N4. The molecule has 4 heteroatoms. The van der Waals surface area contributed by atoms with Crippen LogP contribution in [0.5, 0.6) is 0 Å². The van der Waals surface area contributed by atoms with Crippen molar-refractivity contribution >= 4 is 0 Å². The fourth-order valence-corrected chi connectivity index (χ4v) is 1.74. The van der Waals surface area contributed by atoms with Gasteiger partial charge in [0.05, 0.1) is 0 Å². The summed E-state index contributed by atoms with van der Waals surface area (Å²) in [7, 11) is 1.93. The van der Waals surface area contributed by atoms with Crippen molar-refractivity contribution in [2.24, 2.45) is 12.8 Å². The third kappa shape index (κ3) is 2.43. The quantitative estimate of drug-likeness (QED) is 0.881. The molecule has 2 N–H and O–H groups in total. The summed E-state index contributed by atoms with van der Waals surface area (Å²) in [5, 5.41) is 4.48. The van der Waals surface area contributed by atoms with Gasteiger partial charge in [-0.05, 0) is 5.56 Å². The van der Waals surface area contributed by atoms with E-state index in [4.69, 9.17) is 5.73 Å². The van der Waals surface area contributed by atoms with Gasteiger partial charge >= 0.3 is 0 Å². The number of rotatable bonds is 2. The summed E-state index contributed by atoms with van der Waals surface area (Å²) in [5.74, 6) is 1.76. The van der Waals surface area contributed by atoms with E-state index in [1.165, 1.54) is 0 Å². The molecule has 96 valence electrons. The molecule has 0 saturated heterocycles. The highest BCUT2D eigenvalue weighted by Gasteiger charge is 2.21. The van der Waals surface area contributed by atoms with Crippen molar-refractivity contribution in [1.29, 1.82) is 0 Å². The van der Waals surface area contributed by atoms with Crippen LogP contribution in [0.3, 0.4) is 0 Å². The summed E-state index contributed by atoms with van der Waals surface area (Å²) in [6.45, 7) is 6.91. The van der Waals surface area contributed by atoms with Gasteiger partial charge in [0.15, 0.2) is 11.6 Å². The summed E-state index contributed by atoms with van der Waals surface area (Å²) in [6, 6.07) is 8.14. The molecule has 0 atom stereocenters. The molecule has 0 aliphatic rings. The molecular weight excluding hydrogens is 224 g/mol. The van der Waals surface area contributed by atoms with E-state index in [0.29, 0.717) is 6.54 Å². The molecule has 0 amide bonds. The lowest BCUT2D eigenvalue weighted by molar-refractivity contribution is 0.538. The number of benzene rings is 1. The number of aromatic nitrogens is 3. The van der Waals surface area contributed by atoms with Gasteiger partial charge in [-0.3, -0.25) is 0 Å². The van der Waals surface area contributed by atoms with Crippen LogP contribution >= 0.6 is 0 Å². The molecule has 1 aromatic heterocycles. The highest BCUT2D eigenvalue weighted by molar-refractivity contribution is 5.55. The average Bonchev–Trinajstić information content (AvgIpc) is 2.71. The van der Waals surface area contributed by atoms with E-state index < -0.39 is 0 Å². The number of aryl methyl sites for hydroxylation is 1. The molecule has 1 aromatic carbocycles. The van der Waals surface area contributed by atoms with Crippen molar-refractivity contribution in [1.82, 2.24) is 14.8 Å². The van der Waals surface area contributed by atoms with Crippen LogP contribution < -0.4 is 5.73 Å². The summed E-state index contributed by atoms with van der Waals surface area (Å²) in [6.07, 6.45) is 0. The van der Waals surface area contributed by atoms with Gasteiger partial charge in [0.25, 0.3) is 0 Å². The predicted octanol–water partition coefficient (Wildman–Crippen LogP) is 2.24. The Labute approximate surface area is 108 Å². The molecule has 1 heterocycles. The Morgan fingerprint density at radius 2 is 1.78 bits per heavy atom. The molecule has 0 spiro atoms. The van der Waals surface area contributed by atoms with E-state index >= 15 is 0 Å². The lowest BCUT2D eigenvalue weighted by Crippen LogP contribution is -2.13. The Morgan fingerprint density at radius 1 is 1.17 bits per heavy atom. The Bertz CT molecular complexity index is 532. The van der Waals surface area contributed by atoms with Crippen LogP contribution in [0.15, 0.2) is 24.3 Å². The maximum absolute atomic E-state index is 5.60. The number of hydrogen-bond acceptors (Lipinski definition) is 3. The van der Waals surface area contributed by atoms with Gasteiger partial charge in [0, 0.05) is 24.6 Å². The lowest BCUT2D eigenvalue weighted by atomic mass is 9.96. The molecule has 0 radical (unpaired) electrons. The summed E-state index contributed by atoms with van der Waals surface area (Å²) >= 11 is 0. The van der Waals surface area contributed by atoms with E-state index in [9.17, 15) is 0 Å². The van der Waals surface area contributed by atoms with Crippen LogP contribution in [-0.2, 0) is 19.0 Å². The normalized spacial score (nSPS) is 11.8. The highest BCUT2D eigenvalue weighted by atomic mass is 15.3. The number of nitrogens with two attached hydrogens (primary N) is 1. The van der Waals surface area contributed by atoms with Crippen molar-refractivity contribution in [3.63, 3.8) is 0 Å². The van der Waals surface area contributed by atoms with Gasteiger partial charge in [-0.15, -0.1) is 0 Å². The van der Waals surface area contributed by atoms with Crippen molar-refractivity contribution in [2.75, 3.05) is 0 Å². The van der Waals surface area contributed by atoms with Gasteiger partial charge in [-0.25, -0.2) is 9.67 Å². The molecule has 0 fully saturated rings. The highest BCUT2D eigenvalue weighted by Crippen LogP contribution is 2.23. The zero-order chi connectivity index (χ0) is 13.3. The Hall–Kier alpha value is -1.68. The molecule has 0 saturated carbocycles. The van der Waals surface area contributed by atoms with Crippen LogP contribution in [0.4, 0.5) is 0 Å². The predicted molar refractivity (Wildman–Crippen MR) is 73.0 cm³/mol. The molecule has 4 nitrogen and oxygen atoms in total. The largest absolute Gasteiger partial charge is 0.326 e.